The quantitative estimate of drug-likeness (QED) is 0.581. The average Bonchev–Trinajstić information content (AvgIpc) is 2.75. The van der Waals surface area contributed by atoms with E-state index in [1.54, 1.807) is 30.3 Å². The molecule has 0 aliphatic carbocycles. The van der Waals surface area contributed by atoms with Crippen molar-refractivity contribution in [3.8, 4) is 17.2 Å². The van der Waals surface area contributed by atoms with E-state index in [9.17, 15) is 9.59 Å². The van der Waals surface area contributed by atoms with Crippen LogP contribution in [0, 0.1) is 0 Å². The van der Waals surface area contributed by atoms with Gasteiger partial charge in [0.15, 0.2) is 11.5 Å². The summed E-state index contributed by atoms with van der Waals surface area (Å²) in [7, 11) is 4.56. The van der Waals surface area contributed by atoms with Gasteiger partial charge in [0.1, 0.15) is 0 Å². The summed E-state index contributed by atoms with van der Waals surface area (Å²) >= 11 is 6.19. The third-order valence-corrected chi connectivity index (χ3v) is 4.44. The van der Waals surface area contributed by atoms with Gasteiger partial charge in [-0.3, -0.25) is 9.59 Å². The van der Waals surface area contributed by atoms with Crippen LogP contribution in [-0.4, -0.2) is 39.7 Å². The Morgan fingerprint density at radius 2 is 1.70 bits per heavy atom. The number of ether oxygens (including phenoxy) is 3. The highest BCUT2D eigenvalue weighted by atomic mass is 35.5. The molecule has 0 saturated carbocycles. The van der Waals surface area contributed by atoms with Gasteiger partial charge >= 0.3 is 0 Å². The maximum atomic E-state index is 12.3. The highest BCUT2D eigenvalue weighted by molar-refractivity contribution is 6.34. The summed E-state index contributed by atoms with van der Waals surface area (Å²) in [5, 5.41) is 5.74. The largest absolute Gasteiger partial charge is 0.493 e. The molecule has 160 valence electrons. The van der Waals surface area contributed by atoms with Gasteiger partial charge in [-0.25, -0.2) is 0 Å². The van der Waals surface area contributed by atoms with Gasteiger partial charge in [-0.1, -0.05) is 18.5 Å². The zero-order chi connectivity index (χ0) is 22.1. The molecule has 0 fully saturated rings. The molecule has 7 nitrogen and oxygen atoms in total. The summed E-state index contributed by atoms with van der Waals surface area (Å²) in [6.07, 6.45) is 3.82. The standard InChI is InChI=1S/C22H25ClN2O5/c1-5-10-24-22(27)16-8-7-15(13-17(16)23)25-20(26)9-6-14-11-18(28-2)21(30-4)19(12-14)29-3/h6-9,11-13H,5,10H2,1-4H3,(H,24,27)(H,25,26)/b9-6+. The van der Waals surface area contributed by atoms with E-state index < -0.39 is 0 Å². The van der Waals surface area contributed by atoms with Gasteiger partial charge in [0.2, 0.25) is 11.7 Å². The van der Waals surface area contributed by atoms with E-state index in [1.165, 1.54) is 33.5 Å². The summed E-state index contributed by atoms with van der Waals surface area (Å²) in [6.45, 7) is 2.53. The molecule has 2 rings (SSSR count). The minimum atomic E-state index is -0.358. The number of hydrogen-bond donors (Lipinski definition) is 2. The van der Waals surface area contributed by atoms with Crippen LogP contribution < -0.4 is 24.8 Å². The molecule has 30 heavy (non-hydrogen) atoms. The van der Waals surface area contributed by atoms with Crippen LogP contribution >= 0.6 is 11.6 Å². The molecule has 0 aliphatic heterocycles. The third-order valence-electron chi connectivity index (χ3n) is 4.13. The Hall–Kier alpha value is -3.19. The summed E-state index contributed by atoms with van der Waals surface area (Å²) in [5.74, 6) is 0.839. The molecule has 2 amide bonds. The van der Waals surface area contributed by atoms with Crippen LogP contribution in [0.3, 0.4) is 0 Å². The molecule has 0 aliphatic rings. The van der Waals surface area contributed by atoms with Crippen molar-refractivity contribution in [3.05, 3.63) is 52.6 Å². The van der Waals surface area contributed by atoms with E-state index in [2.05, 4.69) is 10.6 Å². The van der Waals surface area contributed by atoms with Crippen molar-refractivity contribution in [2.45, 2.75) is 13.3 Å². The molecular formula is C22H25ClN2O5. The van der Waals surface area contributed by atoms with Crippen LogP contribution in [0.15, 0.2) is 36.4 Å². The Bertz CT molecular complexity index is 918. The minimum absolute atomic E-state index is 0.248. The van der Waals surface area contributed by atoms with Gasteiger partial charge in [-0.15, -0.1) is 0 Å². The smallest absolute Gasteiger partial charge is 0.252 e. The van der Waals surface area contributed by atoms with E-state index in [-0.39, 0.29) is 16.8 Å². The lowest BCUT2D eigenvalue weighted by Gasteiger charge is -2.12. The van der Waals surface area contributed by atoms with Crippen LogP contribution in [-0.2, 0) is 4.79 Å². The maximum Gasteiger partial charge on any atom is 0.252 e. The second kappa shape index (κ2) is 11.1. The Morgan fingerprint density at radius 3 is 2.23 bits per heavy atom. The Labute approximate surface area is 181 Å². The molecule has 8 heteroatoms. The normalized spacial score (nSPS) is 10.6. The van der Waals surface area contributed by atoms with Crippen molar-refractivity contribution in [1.82, 2.24) is 5.32 Å². The lowest BCUT2D eigenvalue weighted by molar-refractivity contribution is -0.111. The number of halogens is 1. The number of anilines is 1. The van der Waals surface area contributed by atoms with Gasteiger partial charge in [0.25, 0.3) is 5.91 Å². The van der Waals surface area contributed by atoms with Crippen LogP contribution in [0.1, 0.15) is 29.3 Å². The fourth-order valence-corrected chi connectivity index (χ4v) is 2.93. The SMILES string of the molecule is CCCNC(=O)c1ccc(NC(=O)/C=C/c2cc(OC)c(OC)c(OC)c2)cc1Cl. The topological polar surface area (TPSA) is 85.9 Å². The zero-order valence-corrected chi connectivity index (χ0v) is 18.1. The number of hydrogen-bond acceptors (Lipinski definition) is 5. The molecule has 2 aromatic carbocycles. The van der Waals surface area contributed by atoms with Gasteiger partial charge in [0.05, 0.1) is 31.9 Å². The fourth-order valence-electron chi connectivity index (χ4n) is 2.66. The molecule has 0 radical (unpaired) electrons. The summed E-state index contributed by atoms with van der Waals surface area (Å²) < 4.78 is 15.9. The van der Waals surface area contributed by atoms with Crippen LogP contribution in [0.2, 0.25) is 5.02 Å². The summed E-state index contributed by atoms with van der Waals surface area (Å²) in [6, 6.07) is 8.19. The number of carbonyl (C=O) groups excluding carboxylic acids is 2. The van der Waals surface area contributed by atoms with Gasteiger partial charge in [-0.05, 0) is 48.4 Å². The average molecular weight is 433 g/mol. The van der Waals surface area contributed by atoms with Crippen LogP contribution in [0.4, 0.5) is 5.69 Å². The van der Waals surface area contributed by atoms with Crippen molar-refractivity contribution in [2.24, 2.45) is 0 Å². The molecule has 2 aromatic rings. The summed E-state index contributed by atoms with van der Waals surface area (Å²) in [4.78, 5) is 24.3. The van der Waals surface area contributed by atoms with Crippen molar-refractivity contribution >= 4 is 35.2 Å². The summed E-state index contributed by atoms with van der Waals surface area (Å²) in [5.41, 5.74) is 1.53. The number of rotatable bonds is 9. The van der Waals surface area contributed by atoms with E-state index in [1.807, 2.05) is 6.92 Å². The number of methoxy groups -OCH3 is 3. The predicted octanol–water partition coefficient (Wildman–Crippen LogP) is 4.16. The van der Waals surface area contributed by atoms with Crippen molar-refractivity contribution in [2.75, 3.05) is 33.2 Å². The van der Waals surface area contributed by atoms with E-state index in [4.69, 9.17) is 25.8 Å². The van der Waals surface area contributed by atoms with Crippen molar-refractivity contribution in [3.63, 3.8) is 0 Å². The van der Waals surface area contributed by atoms with E-state index in [0.717, 1.165) is 6.42 Å². The second-order valence-electron chi connectivity index (χ2n) is 6.23. The maximum absolute atomic E-state index is 12.3. The predicted molar refractivity (Wildman–Crippen MR) is 118 cm³/mol. The van der Waals surface area contributed by atoms with Crippen LogP contribution in [0.25, 0.3) is 6.08 Å². The zero-order valence-electron chi connectivity index (χ0n) is 17.4. The Balaban J connectivity index is 2.11. The second-order valence-corrected chi connectivity index (χ2v) is 6.64. The molecule has 0 spiro atoms. The molecule has 0 heterocycles. The molecule has 0 saturated heterocycles. The lowest BCUT2D eigenvalue weighted by Crippen LogP contribution is -2.24. The number of nitrogens with one attached hydrogen (secondary N) is 2. The van der Waals surface area contributed by atoms with E-state index in [0.29, 0.717) is 40.6 Å². The van der Waals surface area contributed by atoms with Crippen molar-refractivity contribution in [1.29, 1.82) is 0 Å². The number of benzene rings is 2. The highest BCUT2D eigenvalue weighted by Gasteiger charge is 2.13. The first-order valence-electron chi connectivity index (χ1n) is 9.30. The first-order chi connectivity index (χ1) is 14.4. The first kappa shape index (κ1) is 23.1. The fraction of sp³-hybridized carbons (Fsp3) is 0.273. The molecular weight excluding hydrogens is 408 g/mol. The minimum Gasteiger partial charge on any atom is -0.493 e. The van der Waals surface area contributed by atoms with Crippen molar-refractivity contribution < 1.29 is 23.8 Å². The lowest BCUT2D eigenvalue weighted by atomic mass is 10.1. The monoisotopic (exact) mass is 432 g/mol. The molecule has 2 N–H and O–H groups in total. The van der Waals surface area contributed by atoms with Gasteiger partial charge < -0.3 is 24.8 Å². The Kier molecular flexibility index (Phi) is 8.55. The first-order valence-corrected chi connectivity index (χ1v) is 9.68. The molecule has 0 atom stereocenters. The molecule has 0 unspecified atom stereocenters. The molecule has 0 bridgehead atoms. The third kappa shape index (κ3) is 5.90. The number of amides is 2. The Morgan fingerprint density at radius 1 is 1.03 bits per heavy atom. The van der Waals surface area contributed by atoms with Gasteiger partial charge in [0, 0.05) is 18.3 Å². The number of carbonyl (C=O) groups is 2. The van der Waals surface area contributed by atoms with E-state index >= 15 is 0 Å². The molecule has 0 aromatic heterocycles. The van der Waals surface area contributed by atoms with Crippen LogP contribution in [0.5, 0.6) is 17.2 Å². The highest BCUT2D eigenvalue weighted by Crippen LogP contribution is 2.38. The van der Waals surface area contributed by atoms with Gasteiger partial charge in [-0.2, -0.15) is 0 Å².